The lowest BCUT2D eigenvalue weighted by molar-refractivity contribution is 0.0634. The molecule has 0 radical (unpaired) electrons. The fourth-order valence-electron chi connectivity index (χ4n) is 2.44. The molecule has 122 valence electrons. The first-order valence-electron chi connectivity index (χ1n) is 7.39. The minimum absolute atomic E-state index is 0.145. The highest BCUT2D eigenvalue weighted by molar-refractivity contribution is 5.91. The number of urea groups is 1. The third kappa shape index (κ3) is 3.36. The number of furan rings is 1. The molecule has 3 rings (SSSR count). The Hall–Kier alpha value is -2.77. The van der Waals surface area contributed by atoms with Gasteiger partial charge >= 0.3 is 6.03 Å². The Morgan fingerprint density at radius 1 is 1.22 bits per heavy atom. The summed E-state index contributed by atoms with van der Waals surface area (Å²) in [5.41, 5.74) is 0.713. The molecule has 0 bridgehead atoms. The minimum atomic E-state index is -0.169. The summed E-state index contributed by atoms with van der Waals surface area (Å²) in [6.07, 6.45) is 2.83. The summed E-state index contributed by atoms with van der Waals surface area (Å²) in [4.78, 5) is 31.7. The Labute approximate surface area is 133 Å². The van der Waals surface area contributed by atoms with E-state index < -0.39 is 0 Å². The normalized spacial score (nSPS) is 14.8. The van der Waals surface area contributed by atoms with Crippen molar-refractivity contribution in [2.24, 2.45) is 0 Å². The summed E-state index contributed by atoms with van der Waals surface area (Å²) < 4.78 is 10.2. The summed E-state index contributed by atoms with van der Waals surface area (Å²) in [6.45, 7) is 4.05. The van der Waals surface area contributed by atoms with Crippen molar-refractivity contribution in [1.29, 1.82) is 0 Å². The molecule has 1 N–H and O–H groups in total. The van der Waals surface area contributed by atoms with Crippen LogP contribution in [0, 0.1) is 6.92 Å². The topological polar surface area (TPSA) is 91.8 Å². The molecule has 0 saturated carbocycles. The highest BCUT2D eigenvalue weighted by atomic mass is 16.3. The van der Waals surface area contributed by atoms with Crippen LogP contribution < -0.4 is 5.32 Å². The highest BCUT2D eigenvalue weighted by Gasteiger charge is 2.26. The predicted octanol–water partition coefficient (Wildman–Crippen LogP) is 1.24. The first-order chi connectivity index (χ1) is 11.1. The van der Waals surface area contributed by atoms with E-state index in [-0.39, 0.29) is 11.9 Å². The van der Waals surface area contributed by atoms with E-state index in [9.17, 15) is 9.59 Å². The van der Waals surface area contributed by atoms with E-state index in [2.05, 4.69) is 10.3 Å². The number of amides is 3. The average molecular weight is 318 g/mol. The van der Waals surface area contributed by atoms with Crippen LogP contribution in [0.2, 0.25) is 0 Å². The lowest BCUT2D eigenvalue weighted by Gasteiger charge is -2.34. The number of nitrogens with one attached hydrogen (secondary N) is 1. The van der Waals surface area contributed by atoms with Crippen LogP contribution in [0.25, 0.3) is 0 Å². The van der Waals surface area contributed by atoms with Crippen LogP contribution in [-0.4, -0.2) is 52.9 Å². The Morgan fingerprint density at radius 3 is 2.57 bits per heavy atom. The molecule has 0 spiro atoms. The van der Waals surface area contributed by atoms with Gasteiger partial charge in [-0.3, -0.25) is 4.79 Å². The van der Waals surface area contributed by atoms with Gasteiger partial charge in [0.2, 0.25) is 0 Å². The van der Waals surface area contributed by atoms with E-state index in [0.29, 0.717) is 49.9 Å². The minimum Gasteiger partial charge on any atom is -0.459 e. The Morgan fingerprint density at radius 2 is 1.96 bits per heavy atom. The van der Waals surface area contributed by atoms with Crippen LogP contribution in [0.4, 0.5) is 4.79 Å². The zero-order valence-corrected chi connectivity index (χ0v) is 12.8. The van der Waals surface area contributed by atoms with Gasteiger partial charge in [0, 0.05) is 26.2 Å². The number of rotatable bonds is 3. The monoisotopic (exact) mass is 318 g/mol. The summed E-state index contributed by atoms with van der Waals surface area (Å²) >= 11 is 0. The van der Waals surface area contributed by atoms with Crippen molar-refractivity contribution in [3.63, 3.8) is 0 Å². The molecule has 3 amide bonds. The van der Waals surface area contributed by atoms with Crippen molar-refractivity contribution in [3.8, 4) is 0 Å². The van der Waals surface area contributed by atoms with Crippen molar-refractivity contribution < 1.29 is 18.4 Å². The number of aromatic nitrogens is 1. The van der Waals surface area contributed by atoms with E-state index >= 15 is 0 Å². The molecule has 23 heavy (non-hydrogen) atoms. The van der Waals surface area contributed by atoms with Gasteiger partial charge in [0.15, 0.2) is 12.2 Å². The summed E-state index contributed by atoms with van der Waals surface area (Å²) in [5, 5.41) is 2.81. The Bertz CT molecular complexity index is 671. The smallest absolute Gasteiger partial charge is 0.317 e. The number of hydrogen-bond acceptors (Lipinski definition) is 5. The van der Waals surface area contributed by atoms with Gasteiger partial charge in [0.25, 0.3) is 5.91 Å². The Kier molecular flexibility index (Phi) is 4.31. The second kappa shape index (κ2) is 6.55. The number of carbonyl (C=O) groups is 2. The fraction of sp³-hybridized carbons (Fsp3) is 0.400. The largest absolute Gasteiger partial charge is 0.459 e. The zero-order chi connectivity index (χ0) is 16.2. The lowest BCUT2D eigenvalue weighted by Crippen LogP contribution is -2.53. The van der Waals surface area contributed by atoms with E-state index in [0.717, 1.165) is 0 Å². The van der Waals surface area contributed by atoms with Gasteiger partial charge in [-0.15, -0.1) is 0 Å². The van der Waals surface area contributed by atoms with Crippen molar-refractivity contribution >= 4 is 11.9 Å². The van der Waals surface area contributed by atoms with Gasteiger partial charge in [-0.25, -0.2) is 9.78 Å². The molecular formula is C15H18N4O4. The second-order valence-corrected chi connectivity index (χ2v) is 5.27. The molecule has 2 aromatic rings. The lowest BCUT2D eigenvalue weighted by atomic mass is 10.3. The van der Waals surface area contributed by atoms with Gasteiger partial charge < -0.3 is 24.0 Å². The summed E-state index contributed by atoms with van der Waals surface area (Å²) in [5.74, 6) is 0.872. The molecule has 2 aromatic heterocycles. The van der Waals surface area contributed by atoms with Crippen LogP contribution >= 0.6 is 0 Å². The van der Waals surface area contributed by atoms with Crippen molar-refractivity contribution in [1.82, 2.24) is 20.1 Å². The highest BCUT2D eigenvalue weighted by Crippen LogP contribution is 2.10. The molecule has 0 aliphatic carbocycles. The number of nitrogens with zero attached hydrogens (tertiary/aromatic N) is 3. The van der Waals surface area contributed by atoms with Crippen molar-refractivity contribution in [2.75, 3.05) is 26.2 Å². The van der Waals surface area contributed by atoms with Crippen LogP contribution in [0.15, 0.2) is 33.6 Å². The van der Waals surface area contributed by atoms with Crippen molar-refractivity contribution in [3.05, 3.63) is 42.0 Å². The number of oxazole rings is 1. The maximum absolute atomic E-state index is 12.2. The molecule has 0 atom stereocenters. The van der Waals surface area contributed by atoms with Gasteiger partial charge in [-0.2, -0.15) is 0 Å². The van der Waals surface area contributed by atoms with Gasteiger partial charge in [0.05, 0.1) is 12.8 Å². The van der Waals surface area contributed by atoms with Crippen LogP contribution in [0.5, 0.6) is 0 Å². The summed E-state index contributed by atoms with van der Waals surface area (Å²) in [7, 11) is 0. The van der Waals surface area contributed by atoms with Crippen LogP contribution in [0.1, 0.15) is 22.0 Å². The predicted molar refractivity (Wildman–Crippen MR) is 79.7 cm³/mol. The zero-order valence-electron chi connectivity index (χ0n) is 12.8. The van der Waals surface area contributed by atoms with E-state index in [1.165, 1.54) is 12.7 Å². The van der Waals surface area contributed by atoms with E-state index in [1.54, 1.807) is 28.9 Å². The van der Waals surface area contributed by atoms with E-state index in [4.69, 9.17) is 8.83 Å². The second-order valence-electron chi connectivity index (χ2n) is 5.27. The Balaban J connectivity index is 1.47. The first-order valence-corrected chi connectivity index (χ1v) is 7.39. The molecule has 8 heteroatoms. The van der Waals surface area contributed by atoms with Gasteiger partial charge in [-0.1, -0.05) is 0 Å². The van der Waals surface area contributed by atoms with E-state index in [1.807, 2.05) is 0 Å². The molecular weight excluding hydrogens is 300 g/mol. The van der Waals surface area contributed by atoms with Crippen molar-refractivity contribution in [2.45, 2.75) is 13.5 Å². The maximum atomic E-state index is 12.2. The van der Waals surface area contributed by atoms with Gasteiger partial charge in [-0.05, 0) is 19.1 Å². The summed E-state index contributed by atoms with van der Waals surface area (Å²) in [6, 6.07) is 3.15. The number of aryl methyl sites for hydroxylation is 1. The third-order valence-corrected chi connectivity index (χ3v) is 3.84. The SMILES string of the molecule is Cc1ocnc1CNC(=O)N1CCN(C(=O)c2ccco2)CC1. The van der Waals surface area contributed by atoms with Crippen LogP contribution in [-0.2, 0) is 6.54 Å². The molecule has 3 heterocycles. The van der Waals surface area contributed by atoms with Gasteiger partial charge in [0.1, 0.15) is 11.5 Å². The quantitative estimate of drug-likeness (QED) is 0.919. The fourth-order valence-corrected chi connectivity index (χ4v) is 2.44. The molecule has 1 aliphatic rings. The average Bonchev–Trinajstić information content (AvgIpc) is 3.24. The first kappa shape index (κ1) is 15.1. The molecule has 8 nitrogen and oxygen atoms in total. The molecule has 0 aromatic carbocycles. The number of piperazine rings is 1. The van der Waals surface area contributed by atoms with Crippen LogP contribution in [0.3, 0.4) is 0 Å². The third-order valence-electron chi connectivity index (χ3n) is 3.84. The number of carbonyl (C=O) groups excluding carboxylic acids is 2. The molecule has 1 fully saturated rings. The number of hydrogen-bond donors (Lipinski definition) is 1. The molecule has 1 saturated heterocycles. The molecule has 0 unspecified atom stereocenters. The maximum Gasteiger partial charge on any atom is 0.317 e. The standard InChI is InChI=1S/C15H18N4O4/c1-11-12(17-10-23-11)9-16-15(21)19-6-4-18(5-7-19)14(20)13-3-2-8-22-13/h2-3,8,10H,4-7,9H2,1H3,(H,16,21). The molecule has 1 aliphatic heterocycles.